The topological polar surface area (TPSA) is 57.6 Å². The zero-order valence-corrected chi connectivity index (χ0v) is 7.59. The summed E-state index contributed by atoms with van der Waals surface area (Å²) >= 11 is 0. The lowest BCUT2D eigenvalue weighted by molar-refractivity contribution is -0.132. The van der Waals surface area contributed by atoms with Crippen molar-refractivity contribution in [1.29, 1.82) is 0 Å². The van der Waals surface area contributed by atoms with Gasteiger partial charge in [-0.1, -0.05) is 18.2 Å². The van der Waals surface area contributed by atoms with Crippen LogP contribution >= 0.6 is 0 Å². The molecular formula is C10H11NO3. The van der Waals surface area contributed by atoms with E-state index in [1.165, 1.54) is 6.08 Å². The van der Waals surface area contributed by atoms with Crippen molar-refractivity contribution in [3.8, 4) is 0 Å². The number of hydrogen-bond donors (Lipinski definition) is 1. The molecule has 1 heterocycles. The van der Waals surface area contributed by atoms with Crippen LogP contribution < -0.4 is 0 Å². The predicted molar refractivity (Wildman–Crippen MR) is 49.5 cm³/mol. The first kappa shape index (κ1) is 8.99. The maximum atomic E-state index is 11.5. The monoisotopic (exact) mass is 193 g/mol. The van der Waals surface area contributed by atoms with Crippen molar-refractivity contribution in [1.82, 2.24) is 4.90 Å². The molecule has 2 atom stereocenters. The van der Waals surface area contributed by atoms with E-state index in [0.29, 0.717) is 6.54 Å². The van der Waals surface area contributed by atoms with Crippen LogP contribution in [0.25, 0.3) is 0 Å². The Kier molecular flexibility index (Phi) is 2.11. The van der Waals surface area contributed by atoms with Gasteiger partial charge in [-0.05, 0) is 6.42 Å². The van der Waals surface area contributed by atoms with Crippen LogP contribution in [0, 0.1) is 5.92 Å². The standard InChI is InChI=1S/C10H11NO3/c12-9(13)2-1-5-11-8-4-3-7(6-8)10(11)14/h1-4,7-8H,5-6H2,(H,12,13)/b2-1+. The molecule has 0 saturated carbocycles. The zero-order valence-electron chi connectivity index (χ0n) is 7.59. The van der Waals surface area contributed by atoms with Gasteiger partial charge in [-0.25, -0.2) is 4.79 Å². The van der Waals surface area contributed by atoms with Gasteiger partial charge < -0.3 is 10.0 Å². The van der Waals surface area contributed by atoms with Crippen LogP contribution in [0.5, 0.6) is 0 Å². The summed E-state index contributed by atoms with van der Waals surface area (Å²) in [6.07, 6.45) is 7.39. The summed E-state index contributed by atoms with van der Waals surface area (Å²) in [5.74, 6) is -0.817. The minimum Gasteiger partial charge on any atom is -0.478 e. The van der Waals surface area contributed by atoms with Crippen LogP contribution in [-0.4, -0.2) is 34.5 Å². The third-order valence-electron chi connectivity index (χ3n) is 2.62. The molecule has 0 aromatic heterocycles. The number of fused-ring (bicyclic) bond motifs is 2. The van der Waals surface area contributed by atoms with Crippen LogP contribution in [-0.2, 0) is 9.59 Å². The van der Waals surface area contributed by atoms with Gasteiger partial charge in [0.05, 0.1) is 12.0 Å². The van der Waals surface area contributed by atoms with Gasteiger partial charge in [-0.15, -0.1) is 0 Å². The molecule has 0 aromatic carbocycles. The smallest absolute Gasteiger partial charge is 0.328 e. The molecule has 0 spiro atoms. The molecular weight excluding hydrogens is 182 g/mol. The highest BCUT2D eigenvalue weighted by Crippen LogP contribution is 2.32. The number of carbonyl (C=O) groups excluding carboxylic acids is 1. The minimum atomic E-state index is -0.975. The number of nitrogens with zero attached hydrogens (tertiary/aromatic N) is 1. The Bertz CT molecular complexity index is 332. The van der Waals surface area contributed by atoms with Gasteiger partial charge in [0.25, 0.3) is 0 Å². The van der Waals surface area contributed by atoms with Gasteiger partial charge in [-0.2, -0.15) is 0 Å². The van der Waals surface area contributed by atoms with E-state index in [1.54, 1.807) is 4.90 Å². The molecule has 2 rings (SSSR count). The van der Waals surface area contributed by atoms with E-state index < -0.39 is 5.97 Å². The van der Waals surface area contributed by atoms with Crippen molar-refractivity contribution in [3.05, 3.63) is 24.3 Å². The zero-order chi connectivity index (χ0) is 10.1. The minimum absolute atomic E-state index is 0.0400. The van der Waals surface area contributed by atoms with Crippen LogP contribution in [0.1, 0.15) is 6.42 Å². The summed E-state index contributed by atoms with van der Waals surface area (Å²) in [7, 11) is 0. The Morgan fingerprint density at radius 3 is 3.00 bits per heavy atom. The van der Waals surface area contributed by atoms with Crippen molar-refractivity contribution < 1.29 is 14.7 Å². The van der Waals surface area contributed by atoms with Crippen molar-refractivity contribution in [3.63, 3.8) is 0 Å². The third-order valence-corrected chi connectivity index (χ3v) is 2.62. The summed E-state index contributed by atoms with van der Waals surface area (Å²) in [5, 5.41) is 8.38. The maximum Gasteiger partial charge on any atom is 0.328 e. The van der Waals surface area contributed by atoms with Crippen molar-refractivity contribution in [2.45, 2.75) is 12.5 Å². The highest BCUT2D eigenvalue weighted by Gasteiger charge is 2.39. The molecule has 1 fully saturated rings. The highest BCUT2D eigenvalue weighted by molar-refractivity contribution is 5.85. The summed E-state index contributed by atoms with van der Waals surface area (Å²) in [6, 6.07) is 0.186. The third kappa shape index (κ3) is 1.43. The molecule has 0 aromatic rings. The maximum absolute atomic E-state index is 11.5. The lowest BCUT2D eigenvalue weighted by Crippen LogP contribution is -2.34. The first-order chi connectivity index (χ1) is 6.68. The van der Waals surface area contributed by atoms with E-state index in [-0.39, 0.29) is 17.9 Å². The molecule has 1 aliphatic heterocycles. The van der Waals surface area contributed by atoms with Gasteiger partial charge >= 0.3 is 5.97 Å². The summed E-state index contributed by atoms with van der Waals surface area (Å²) in [5.41, 5.74) is 0. The number of hydrogen-bond acceptors (Lipinski definition) is 2. The number of rotatable bonds is 3. The number of aliphatic carboxylic acids is 1. The summed E-state index contributed by atoms with van der Waals surface area (Å²) in [6.45, 7) is 0.399. The normalized spacial score (nSPS) is 29.4. The molecule has 4 nitrogen and oxygen atoms in total. The number of amides is 1. The van der Waals surface area contributed by atoms with E-state index in [0.717, 1.165) is 12.5 Å². The van der Waals surface area contributed by atoms with Crippen molar-refractivity contribution >= 4 is 11.9 Å². The molecule has 4 heteroatoms. The number of carboxylic acid groups (broad SMARTS) is 1. The number of carboxylic acids is 1. The lowest BCUT2D eigenvalue weighted by Gasteiger charge is -2.22. The second kappa shape index (κ2) is 3.29. The molecule has 1 saturated heterocycles. The van der Waals surface area contributed by atoms with Crippen LogP contribution in [0.15, 0.2) is 24.3 Å². The Morgan fingerprint density at radius 1 is 1.64 bits per heavy atom. The van der Waals surface area contributed by atoms with Gasteiger partial charge in [-0.3, -0.25) is 4.79 Å². The lowest BCUT2D eigenvalue weighted by atomic mass is 10.1. The van der Waals surface area contributed by atoms with Gasteiger partial charge in [0.15, 0.2) is 0 Å². The Balaban J connectivity index is 1.97. The second-order valence-electron chi connectivity index (χ2n) is 3.53. The van der Waals surface area contributed by atoms with E-state index in [4.69, 9.17) is 5.11 Å². The first-order valence-corrected chi connectivity index (χ1v) is 4.57. The van der Waals surface area contributed by atoms with Gasteiger partial charge in [0.1, 0.15) is 0 Å². The molecule has 2 aliphatic rings. The molecule has 1 aliphatic carbocycles. The molecule has 2 unspecified atom stereocenters. The summed E-state index contributed by atoms with van der Waals surface area (Å²) < 4.78 is 0. The average molecular weight is 193 g/mol. The quantitative estimate of drug-likeness (QED) is 0.522. The Hall–Kier alpha value is -1.58. The largest absolute Gasteiger partial charge is 0.478 e. The fourth-order valence-electron chi connectivity index (χ4n) is 1.96. The Labute approximate surface area is 81.5 Å². The van der Waals surface area contributed by atoms with Crippen LogP contribution in [0.2, 0.25) is 0 Å². The highest BCUT2D eigenvalue weighted by atomic mass is 16.4. The average Bonchev–Trinajstić information content (AvgIpc) is 2.68. The molecule has 2 bridgehead atoms. The second-order valence-corrected chi connectivity index (χ2v) is 3.53. The SMILES string of the molecule is O=C(O)/C=C/CN1C(=O)C2C=CC1C2. The van der Waals surface area contributed by atoms with E-state index in [9.17, 15) is 9.59 Å². The van der Waals surface area contributed by atoms with Gasteiger partial charge in [0, 0.05) is 12.6 Å². The van der Waals surface area contributed by atoms with Crippen LogP contribution in [0.3, 0.4) is 0 Å². The van der Waals surface area contributed by atoms with E-state index in [1.807, 2.05) is 12.2 Å². The fourth-order valence-corrected chi connectivity index (χ4v) is 1.96. The predicted octanol–water partition coefficient (Wildman–Crippen LogP) is 0.414. The number of likely N-dealkylation sites (tertiary alicyclic amines) is 1. The summed E-state index contributed by atoms with van der Waals surface area (Å²) in [4.78, 5) is 23.5. The fraction of sp³-hybridized carbons (Fsp3) is 0.400. The molecule has 1 N–H and O–H groups in total. The van der Waals surface area contributed by atoms with Crippen LogP contribution in [0.4, 0.5) is 0 Å². The molecule has 74 valence electrons. The number of carbonyl (C=O) groups is 2. The molecule has 0 radical (unpaired) electrons. The van der Waals surface area contributed by atoms with E-state index in [2.05, 4.69) is 0 Å². The van der Waals surface area contributed by atoms with Crippen molar-refractivity contribution in [2.24, 2.45) is 5.92 Å². The first-order valence-electron chi connectivity index (χ1n) is 4.57. The Morgan fingerprint density at radius 2 is 2.43 bits per heavy atom. The van der Waals surface area contributed by atoms with Gasteiger partial charge in [0.2, 0.25) is 5.91 Å². The molecule has 1 amide bonds. The molecule has 14 heavy (non-hydrogen) atoms. The van der Waals surface area contributed by atoms with Crippen molar-refractivity contribution in [2.75, 3.05) is 6.54 Å². The van der Waals surface area contributed by atoms with E-state index >= 15 is 0 Å².